The van der Waals surface area contributed by atoms with Crippen molar-refractivity contribution in [3.05, 3.63) is 11.6 Å². The largest absolute Gasteiger partial charge is 0.479 e. The number of ether oxygens (including phenoxy) is 2. The van der Waals surface area contributed by atoms with Crippen molar-refractivity contribution in [2.75, 3.05) is 0 Å². The molecule has 0 spiro atoms. The lowest BCUT2D eigenvalue weighted by Gasteiger charge is -2.57. The van der Waals surface area contributed by atoms with Crippen molar-refractivity contribution in [3.63, 3.8) is 0 Å². The van der Waals surface area contributed by atoms with Gasteiger partial charge in [0.05, 0.1) is 6.10 Å². The van der Waals surface area contributed by atoms with E-state index in [2.05, 4.69) is 19.9 Å². The first-order valence-corrected chi connectivity index (χ1v) is 12.4. The zero-order chi connectivity index (χ0) is 23.7. The van der Waals surface area contributed by atoms with Crippen LogP contribution in [-0.4, -0.2) is 69.0 Å². The zero-order valence-electron chi connectivity index (χ0n) is 19.4. The number of carbonyl (C=O) groups is 2. The van der Waals surface area contributed by atoms with Gasteiger partial charge in [-0.05, 0) is 68.1 Å². The number of carbonyl (C=O) groups excluding carboxylic acids is 1. The van der Waals surface area contributed by atoms with E-state index in [-0.39, 0.29) is 16.9 Å². The highest BCUT2D eigenvalue weighted by Gasteiger charge is 2.59. The third kappa shape index (κ3) is 3.52. The molecule has 1 saturated heterocycles. The lowest BCUT2D eigenvalue weighted by Crippen LogP contribution is -2.61. The summed E-state index contributed by atoms with van der Waals surface area (Å²) in [6.07, 6.45) is 1.28. The van der Waals surface area contributed by atoms with Crippen molar-refractivity contribution >= 4 is 11.8 Å². The van der Waals surface area contributed by atoms with Crippen LogP contribution in [0.3, 0.4) is 0 Å². The van der Waals surface area contributed by atoms with Crippen LogP contribution in [0.2, 0.25) is 0 Å². The Labute approximate surface area is 194 Å². The van der Waals surface area contributed by atoms with Crippen molar-refractivity contribution in [3.8, 4) is 0 Å². The normalized spacial score (nSPS) is 51.8. The number of aliphatic carboxylic acids is 1. The van der Waals surface area contributed by atoms with Crippen LogP contribution in [0.1, 0.15) is 65.2 Å². The first-order valence-electron chi connectivity index (χ1n) is 12.4. The van der Waals surface area contributed by atoms with E-state index >= 15 is 0 Å². The van der Waals surface area contributed by atoms with E-state index in [1.54, 1.807) is 0 Å². The smallest absolute Gasteiger partial charge is 0.335 e. The number of carboxylic acids is 1. The maximum absolute atomic E-state index is 12.6. The molecule has 0 unspecified atom stereocenters. The molecule has 5 aliphatic rings. The van der Waals surface area contributed by atoms with Gasteiger partial charge in [-0.25, -0.2) is 4.79 Å². The molecule has 0 radical (unpaired) electrons. The Bertz CT molecular complexity index is 855. The first kappa shape index (κ1) is 23.4. The standard InChI is InChI=1S/C25H36O8/c1-24-9-7-13(32-23-20(29)18(27)19(28)21(33-23)22(30)31)11-12(24)3-4-14-15-5-6-17(26)25(15,2)10-8-16(14)24/h3,13-16,18-21,23,27-29H,4-11H2,1-2H3,(H,30,31)/t13-,14+,15+,16+,18+,19+,20-,21+,23-,24-,25+/m0/s1. The predicted molar refractivity (Wildman–Crippen MR) is 116 cm³/mol. The molecule has 8 nitrogen and oxygen atoms in total. The topological polar surface area (TPSA) is 134 Å². The quantitative estimate of drug-likeness (QED) is 0.465. The van der Waals surface area contributed by atoms with Gasteiger partial charge >= 0.3 is 5.97 Å². The molecule has 0 aromatic heterocycles. The van der Waals surface area contributed by atoms with Crippen LogP contribution in [0, 0.1) is 28.6 Å². The molecule has 0 aromatic rings. The van der Waals surface area contributed by atoms with Gasteiger partial charge in [-0.2, -0.15) is 0 Å². The molecular weight excluding hydrogens is 428 g/mol. The van der Waals surface area contributed by atoms with Crippen LogP contribution >= 0.6 is 0 Å². The number of allylic oxidation sites excluding steroid dienone is 1. The Kier molecular flexibility index (Phi) is 5.77. The summed E-state index contributed by atoms with van der Waals surface area (Å²) in [5, 5.41) is 39.6. The summed E-state index contributed by atoms with van der Waals surface area (Å²) >= 11 is 0. The zero-order valence-corrected chi connectivity index (χ0v) is 19.4. The molecule has 5 rings (SSSR count). The third-order valence-corrected chi connectivity index (χ3v) is 9.91. The Morgan fingerprint density at radius 3 is 2.45 bits per heavy atom. The van der Waals surface area contributed by atoms with Crippen molar-refractivity contribution in [1.82, 2.24) is 0 Å². The monoisotopic (exact) mass is 464 g/mol. The predicted octanol–water partition coefficient (Wildman–Crippen LogP) is 1.80. The molecular formula is C25H36O8. The van der Waals surface area contributed by atoms with Gasteiger partial charge in [-0.3, -0.25) is 4.79 Å². The molecule has 1 aliphatic heterocycles. The molecule has 0 amide bonds. The number of aliphatic hydroxyl groups is 3. The molecule has 8 heteroatoms. The molecule has 0 bridgehead atoms. The fourth-order valence-corrected chi connectivity index (χ4v) is 7.87. The van der Waals surface area contributed by atoms with E-state index in [1.165, 1.54) is 5.57 Å². The molecule has 4 N–H and O–H groups in total. The number of fused-ring (bicyclic) bond motifs is 5. The molecule has 184 valence electrons. The van der Waals surface area contributed by atoms with Crippen molar-refractivity contribution in [2.24, 2.45) is 28.6 Å². The number of rotatable bonds is 3. The van der Waals surface area contributed by atoms with Gasteiger partial charge in [0.2, 0.25) is 0 Å². The first-order chi connectivity index (χ1) is 15.6. The van der Waals surface area contributed by atoms with Crippen LogP contribution in [0.5, 0.6) is 0 Å². The second-order valence-corrected chi connectivity index (χ2v) is 11.4. The average Bonchev–Trinajstić information content (AvgIpc) is 3.08. The number of hydrogen-bond acceptors (Lipinski definition) is 7. The van der Waals surface area contributed by atoms with Gasteiger partial charge in [0.1, 0.15) is 24.1 Å². The van der Waals surface area contributed by atoms with Crippen molar-refractivity contribution in [2.45, 2.75) is 102 Å². The van der Waals surface area contributed by atoms with E-state index in [0.29, 0.717) is 30.0 Å². The minimum absolute atomic E-state index is 0.0566. The van der Waals surface area contributed by atoms with E-state index in [1.807, 2.05) is 0 Å². The molecule has 4 aliphatic carbocycles. The SMILES string of the molecule is C[C@@]12CC[C@@H]3[C@H](CC=C4C[C@@H](O[C@H]5O[C@@H](C(=O)O)[C@H](O)[C@@H](O)[C@@H]5O)CC[C@@]43C)[C@H]1CCC2=O. The Morgan fingerprint density at radius 2 is 1.73 bits per heavy atom. The van der Waals surface area contributed by atoms with E-state index < -0.39 is 36.7 Å². The fraction of sp³-hybridized carbons (Fsp3) is 0.840. The lowest BCUT2D eigenvalue weighted by molar-refractivity contribution is -0.306. The Morgan fingerprint density at radius 1 is 1.03 bits per heavy atom. The average molecular weight is 465 g/mol. The summed E-state index contributed by atoms with van der Waals surface area (Å²) < 4.78 is 11.3. The second kappa shape index (κ2) is 8.12. The van der Waals surface area contributed by atoms with E-state index in [0.717, 1.165) is 44.9 Å². The highest BCUT2D eigenvalue weighted by molar-refractivity contribution is 5.87. The van der Waals surface area contributed by atoms with Crippen molar-refractivity contribution in [1.29, 1.82) is 0 Å². The summed E-state index contributed by atoms with van der Waals surface area (Å²) in [6, 6.07) is 0. The lowest BCUT2D eigenvalue weighted by atomic mass is 9.48. The van der Waals surface area contributed by atoms with Gasteiger partial charge in [-0.1, -0.05) is 25.5 Å². The summed E-state index contributed by atoms with van der Waals surface area (Å²) in [6.45, 7) is 4.53. The Balaban J connectivity index is 1.30. The summed E-state index contributed by atoms with van der Waals surface area (Å²) in [5.74, 6) is 0.596. The molecule has 0 aromatic carbocycles. The molecule has 1 heterocycles. The highest BCUT2D eigenvalue weighted by atomic mass is 16.7. The maximum Gasteiger partial charge on any atom is 0.335 e. The molecule has 11 atom stereocenters. The highest BCUT2D eigenvalue weighted by Crippen LogP contribution is 2.64. The Hall–Kier alpha value is -1.32. The van der Waals surface area contributed by atoms with Gasteiger partial charge in [-0.15, -0.1) is 0 Å². The fourth-order valence-electron chi connectivity index (χ4n) is 7.87. The maximum atomic E-state index is 12.6. The molecule has 4 fully saturated rings. The van der Waals surface area contributed by atoms with E-state index in [4.69, 9.17) is 9.47 Å². The van der Waals surface area contributed by atoms with Gasteiger partial charge in [0.25, 0.3) is 0 Å². The van der Waals surface area contributed by atoms with Gasteiger partial charge < -0.3 is 29.9 Å². The van der Waals surface area contributed by atoms with E-state index in [9.17, 15) is 30.0 Å². The molecule has 3 saturated carbocycles. The van der Waals surface area contributed by atoms with Gasteiger partial charge in [0, 0.05) is 11.8 Å². The number of ketones is 1. The number of carboxylic acid groups (broad SMARTS) is 1. The van der Waals surface area contributed by atoms with Crippen molar-refractivity contribution < 1.29 is 39.5 Å². The number of aliphatic hydroxyl groups excluding tert-OH is 3. The summed E-state index contributed by atoms with van der Waals surface area (Å²) in [5.41, 5.74) is 1.25. The number of hydrogen-bond donors (Lipinski definition) is 4. The van der Waals surface area contributed by atoms with Crippen LogP contribution in [0.25, 0.3) is 0 Å². The number of Topliss-reactive ketones (excluding diaryl/α,β-unsaturated/α-hetero) is 1. The van der Waals surface area contributed by atoms with Crippen LogP contribution in [-0.2, 0) is 19.1 Å². The minimum atomic E-state index is -1.72. The summed E-state index contributed by atoms with van der Waals surface area (Å²) in [4.78, 5) is 24.0. The van der Waals surface area contributed by atoms with Crippen LogP contribution in [0.4, 0.5) is 0 Å². The molecule has 33 heavy (non-hydrogen) atoms. The van der Waals surface area contributed by atoms with Crippen LogP contribution in [0.15, 0.2) is 11.6 Å². The third-order valence-electron chi connectivity index (χ3n) is 9.91. The minimum Gasteiger partial charge on any atom is -0.479 e. The summed E-state index contributed by atoms with van der Waals surface area (Å²) in [7, 11) is 0. The van der Waals surface area contributed by atoms with Gasteiger partial charge in [0.15, 0.2) is 12.4 Å². The second-order valence-electron chi connectivity index (χ2n) is 11.4. The van der Waals surface area contributed by atoms with Crippen LogP contribution < -0.4 is 0 Å².